The number of benzene rings is 1. The highest BCUT2D eigenvalue weighted by molar-refractivity contribution is 6.00. The van der Waals surface area contributed by atoms with Gasteiger partial charge in [-0.15, -0.1) is 0 Å². The summed E-state index contributed by atoms with van der Waals surface area (Å²) in [6, 6.07) is 14.2. The van der Waals surface area contributed by atoms with Crippen LogP contribution in [0.3, 0.4) is 0 Å². The maximum absolute atomic E-state index is 13.9. The van der Waals surface area contributed by atoms with Gasteiger partial charge < -0.3 is 10.2 Å². The van der Waals surface area contributed by atoms with Gasteiger partial charge in [-0.25, -0.2) is 15.0 Å². The van der Waals surface area contributed by atoms with Crippen molar-refractivity contribution in [1.29, 1.82) is 0 Å². The molecule has 0 spiro atoms. The quantitative estimate of drug-likeness (QED) is 0.674. The number of hydrogen-bond donors (Lipinski definition) is 1. The summed E-state index contributed by atoms with van der Waals surface area (Å²) < 4.78 is 0. The minimum absolute atomic E-state index is 0.0748. The number of pyridine rings is 1. The van der Waals surface area contributed by atoms with E-state index in [0.29, 0.717) is 17.3 Å². The molecule has 2 aromatic heterocycles. The molecule has 2 bridgehead atoms. The van der Waals surface area contributed by atoms with Crippen LogP contribution >= 0.6 is 0 Å². The first kappa shape index (κ1) is 19.7. The number of hydrogen-bond acceptors (Lipinski definition) is 5. The summed E-state index contributed by atoms with van der Waals surface area (Å²) in [6.45, 7) is 4.22. The lowest BCUT2D eigenvalue weighted by atomic mass is 9.93. The minimum Gasteiger partial charge on any atom is -0.365 e. The van der Waals surface area contributed by atoms with Crippen LogP contribution in [0.1, 0.15) is 42.1 Å². The van der Waals surface area contributed by atoms with Gasteiger partial charge in [-0.3, -0.25) is 4.79 Å². The van der Waals surface area contributed by atoms with Gasteiger partial charge in [0.15, 0.2) is 5.82 Å². The molecular weight excluding hydrogens is 386 g/mol. The highest BCUT2D eigenvalue weighted by Crippen LogP contribution is 2.45. The Labute approximate surface area is 182 Å². The van der Waals surface area contributed by atoms with Gasteiger partial charge >= 0.3 is 0 Å². The van der Waals surface area contributed by atoms with Crippen molar-refractivity contribution in [2.75, 3.05) is 5.32 Å². The van der Waals surface area contributed by atoms with Gasteiger partial charge in [-0.05, 0) is 55.9 Å². The normalized spacial score (nSPS) is 24.4. The maximum atomic E-state index is 13.9. The number of aryl methyl sites for hydroxylation is 1. The van der Waals surface area contributed by atoms with E-state index in [1.165, 1.54) is 0 Å². The highest BCUT2D eigenvalue weighted by atomic mass is 16.2. The Morgan fingerprint density at radius 2 is 1.87 bits per heavy atom. The molecule has 1 N–H and O–H groups in total. The van der Waals surface area contributed by atoms with Crippen LogP contribution in [0, 0.1) is 12.8 Å². The van der Waals surface area contributed by atoms with Gasteiger partial charge in [0.2, 0.25) is 0 Å². The number of carbonyl (C=O) groups is 1. The Hall–Kier alpha value is -3.28. The van der Waals surface area contributed by atoms with Crippen molar-refractivity contribution in [2.24, 2.45) is 5.92 Å². The van der Waals surface area contributed by atoms with Gasteiger partial charge in [0, 0.05) is 36.2 Å². The van der Waals surface area contributed by atoms with Crippen LogP contribution in [-0.2, 0) is 0 Å². The van der Waals surface area contributed by atoms with Crippen LogP contribution in [-0.4, -0.2) is 43.9 Å². The number of fused-ring (bicyclic) bond motifs is 2. The Morgan fingerprint density at radius 3 is 2.61 bits per heavy atom. The molecule has 6 nitrogen and oxygen atoms in total. The van der Waals surface area contributed by atoms with Crippen molar-refractivity contribution in [1.82, 2.24) is 19.9 Å². The molecule has 1 saturated carbocycles. The van der Waals surface area contributed by atoms with E-state index < -0.39 is 0 Å². The highest BCUT2D eigenvalue weighted by Gasteiger charge is 2.52. The summed E-state index contributed by atoms with van der Waals surface area (Å²) in [5.74, 6) is 2.05. The molecular formula is C25H27N5O. The van der Waals surface area contributed by atoms with E-state index in [4.69, 9.17) is 0 Å². The molecule has 1 aliphatic carbocycles. The van der Waals surface area contributed by atoms with Gasteiger partial charge in [-0.2, -0.15) is 0 Å². The molecule has 2 fully saturated rings. The van der Waals surface area contributed by atoms with Crippen molar-refractivity contribution in [3.8, 4) is 11.4 Å². The van der Waals surface area contributed by atoms with Crippen LogP contribution in [0.4, 0.5) is 5.82 Å². The van der Waals surface area contributed by atoms with Crippen molar-refractivity contribution in [2.45, 2.75) is 51.2 Å². The third-order valence-corrected chi connectivity index (χ3v) is 6.69. The average Bonchev–Trinajstić information content (AvgIpc) is 3.38. The number of carbonyl (C=O) groups excluding carboxylic acids is 1. The Bertz CT molecular complexity index is 1070. The van der Waals surface area contributed by atoms with Crippen molar-refractivity contribution < 1.29 is 4.79 Å². The Balaban J connectivity index is 1.45. The fourth-order valence-corrected chi connectivity index (χ4v) is 5.32. The monoisotopic (exact) mass is 413 g/mol. The number of nitrogens with one attached hydrogen (secondary N) is 1. The number of nitrogens with zero attached hydrogens (tertiary/aromatic N) is 4. The van der Waals surface area contributed by atoms with E-state index in [1.807, 2.05) is 43.5 Å². The zero-order valence-electron chi connectivity index (χ0n) is 17.9. The fourth-order valence-electron chi connectivity index (χ4n) is 5.32. The number of anilines is 1. The van der Waals surface area contributed by atoms with Gasteiger partial charge in [0.05, 0.1) is 11.6 Å². The number of rotatable bonds is 5. The van der Waals surface area contributed by atoms with Gasteiger partial charge in [0.25, 0.3) is 5.91 Å². The standard InChI is InChI=1S/C25H27N5O/c1-3-21-17-13-20(29-23-10-9-16(2)15-28-23)22(14-17)30(21)25(31)19-8-5-4-7-18(19)24-26-11-6-12-27-24/h4-12,15,17,20-22H,3,13-14H2,1-2H3,(H,28,29). The first-order valence-electron chi connectivity index (χ1n) is 11.0. The first-order chi connectivity index (χ1) is 15.2. The van der Waals surface area contributed by atoms with Gasteiger partial charge in [0.1, 0.15) is 5.82 Å². The molecule has 1 aliphatic heterocycles. The van der Waals surface area contributed by atoms with Crippen molar-refractivity contribution in [3.63, 3.8) is 0 Å². The molecule has 158 valence electrons. The molecule has 2 aliphatic rings. The molecule has 1 aromatic carbocycles. The molecule has 31 heavy (non-hydrogen) atoms. The summed E-state index contributed by atoms with van der Waals surface area (Å²) >= 11 is 0. The molecule has 3 aromatic rings. The van der Waals surface area contributed by atoms with E-state index in [-0.39, 0.29) is 24.0 Å². The van der Waals surface area contributed by atoms with E-state index in [2.05, 4.69) is 38.2 Å². The number of piperidine rings is 1. The van der Waals surface area contributed by atoms with Crippen LogP contribution < -0.4 is 5.32 Å². The van der Waals surface area contributed by atoms with Crippen LogP contribution in [0.25, 0.3) is 11.4 Å². The largest absolute Gasteiger partial charge is 0.365 e. The smallest absolute Gasteiger partial charge is 0.255 e. The van der Waals surface area contributed by atoms with Crippen LogP contribution in [0.15, 0.2) is 61.1 Å². The first-order valence-corrected chi connectivity index (χ1v) is 11.0. The summed E-state index contributed by atoms with van der Waals surface area (Å²) in [5.41, 5.74) is 2.60. The molecule has 6 heteroatoms. The van der Waals surface area contributed by atoms with Crippen molar-refractivity contribution in [3.05, 3.63) is 72.2 Å². The van der Waals surface area contributed by atoms with E-state index in [1.54, 1.807) is 18.5 Å². The zero-order chi connectivity index (χ0) is 21.4. The summed E-state index contributed by atoms with van der Waals surface area (Å²) in [4.78, 5) is 29.3. The second-order valence-electron chi connectivity index (χ2n) is 8.58. The maximum Gasteiger partial charge on any atom is 0.255 e. The lowest BCUT2D eigenvalue weighted by Gasteiger charge is -2.40. The minimum atomic E-state index is 0.0748. The van der Waals surface area contributed by atoms with Crippen molar-refractivity contribution >= 4 is 11.7 Å². The topological polar surface area (TPSA) is 71.0 Å². The number of aromatic nitrogens is 3. The molecule has 1 saturated heterocycles. The van der Waals surface area contributed by atoms with E-state index in [0.717, 1.165) is 36.2 Å². The summed E-state index contributed by atoms with van der Waals surface area (Å²) in [6.07, 6.45) is 8.38. The lowest BCUT2D eigenvalue weighted by Crippen LogP contribution is -2.52. The predicted molar refractivity (Wildman–Crippen MR) is 121 cm³/mol. The average molecular weight is 414 g/mol. The lowest BCUT2D eigenvalue weighted by molar-refractivity contribution is 0.0569. The second kappa shape index (κ2) is 8.10. The molecule has 5 rings (SSSR count). The summed E-state index contributed by atoms with van der Waals surface area (Å²) in [7, 11) is 0. The van der Waals surface area contributed by atoms with Crippen LogP contribution in [0.5, 0.6) is 0 Å². The molecule has 0 radical (unpaired) electrons. The zero-order valence-corrected chi connectivity index (χ0v) is 17.9. The fraction of sp³-hybridized carbons (Fsp3) is 0.360. The third-order valence-electron chi connectivity index (χ3n) is 6.69. The van der Waals surface area contributed by atoms with Crippen LogP contribution in [0.2, 0.25) is 0 Å². The van der Waals surface area contributed by atoms with Gasteiger partial charge in [-0.1, -0.05) is 31.2 Å². The molecule has 1 amide bonds. The Morgan fingerprint density at radius 1 is 1.06 bits per heavy atom. The Kier molecular flexibility index (Phi) is 5.14. The van der Waals surface area contributed by atoms with E-state index >= 15 is 0 Å². The molecule has 4 unspecified atom stereocenters. The number of amides is 1. The molecule has 3 heterocycles. The summed E-state index contributed by atoms with van der Waals surface area (Å²) in [5, 5.41) is 3.60. The van der Waals surface area contributed by atoms with E-state index in [9.17, 15) is 4.79 Å². The molecule has 4 atom stereocenters. The third kappa shape index (κ3) is 3.56. The SMILES string of the molecule is CCC1C2CC(Nc3ccc(C)cn3)C(C2)N1C(=O)c1ccccc1-c1ncccn1. The number of likely N-dealkylation sites (tertiary alicyclic amines) is 1. The predicted octanol–water partition coefficient (Wildman–Crippen LogP) is 4.34. The second-order valence-corrected chi connectivity index (χ2v) is 8.58.